The number of amidine groups is 1. The van der Waals surface area contributed by atoms with Crippen LogP contribution < -0.4 is 5.56 Å². The number of carbonyl (C=O) groups excluding carboxylic acids is 1. The van der Waals surface area contributed by atoms with Gasteiger partial charge in [0.2, 0.25) is 0 Å². The van der Waals surface area contributed by atoms with Gasteiger partial charge in [-0.25, -0.2) is 18.2 Å². The van der Waals surface area contributed by atoms with Gasteiger partial charge in [0, 0.05) is 12.7 Å². The first-order valence-corrected chi connectivity index (χ1v) is 10.1. The molecular weight excluding hydrogens is 384 g/mol. The van der Waals surface area contributed by atoms with Crippen molar-refractivity contribution in [3.63, 3.8) is 0 Å². The fraction of sp³-hybridized carbons (Fsp3) is 0.222. The van der Waals surface area contributed by atoms with Crippen molar-refractivity contribution in [2.24, 2.45) is 4.40 Å². The molecule has 0 amide bonds. The zero-order valence-electron chi connectivity index (χ0n) is 14.9. The van der Waals surface area contributed by atoms with Crippen molar-refractivity contribution in [1.82, 2.24) is 14.9 Å². The van der Waals surface area contributed by atoms with E-state index in [0.29, 0.717) is 10.9 Å². The fourth-order valence-corrected chi connectivity index (χ4v) is 3.93. The van der Waals surface area contributed by atoms with Crippen molar-refractivity contribution < 1.29 is 17.9 Å². The van der Waals surface area contributed by atoms with Gasteiger partial charge in [-0.15, -0.1) is 4.40 Å². The van der Waals surface area contributed by atoms with Gasteiger partial charge in [-0.1, -0.05) is 12.1 Å². The zero-order chi connectivity index (χ0) is 19.9. The van der Waals surface area contributed by atoms with E-state index in [1.54, 1.807) is 17.0 Å². The second-order valence-electron chi connectivity index (χ2n) is 6.41. The van der Waals surface area contributed by atoms with Gasteiger partial charge < -0.3 is 14.6 Å². The first-order valence-electron chi connectivity index (χ1n) is 8.47. The molecule has 0 atom stereocenters. The lowest BCUT2D eigenvalue weighted by Crippen LogP contribution is -2.37. The number of aromatic amines is 1. The molecule has 10 heteroatoms. The highest BCUT2D eigenvalue weighted by Crippen LogP contribution is 2.17. The van der Waals surface area contributed by atoms with E-state index >= 15 is 0 Å². The molecule has 1 aromatic carbocycles. The van der Waals surface area contributed by atoms with Crippen LogP contribution in [0.15, 0.2) is 51.3 Å². The number of esters is 1. The maximum Gasteiger partial charge on any atom is 0.340 e. The van der Waals surface area contributed by atoms with Crippen molar-refractivity contribution in [2.75, 3.05) is 12.3 Å². The molecule has 144 valence electrons. The number of aromatic nitrogens is 2. The largest absolute Gasteiger partial charge is 0.454 e. The standard InChI is InChI=1S/C18H16N4O5S/c1-11-3-2-4-13-16(11)19-14(20-17(13)23)10-27-18(24)12-5-6-15-21-28(25,26)8-7-22(15)9-12/h2-6,9H,7-8,10H2,1H3,(H,19,20,23). The summed E-state index contributed by atoms with van der Waals surface area (Å²) in [6.07, 6.45) is 4.39. The Hall–Kier alpha value is -3.27. The van der Waals surface area contributed by atoms with Crippen LogP contribution in [0.3, 0.4) is 0 Å². The molecule has 3 heterocycles. The number of para-hydroxylation sites is 1. The number of aryl methyl sites for hydroxylation is 1. The van der Waals surface area contributed by atoms with Crippen LogP contribution in [0.5, 0.6) is 0 Å². The van der Waals surface area contributed by atoms with E-state index in [1.165, 1.54) is 18.4 Å². The molecule has 1 N–H and O–H groups in total. The Morgan fingerprint density at radius 1 is 1.32 bits per heavy atom. The summed E-state index contributed by atoms with van der Waals surface area (Å²) in [5, 5.41) is 0.472. The topological polar surface area (TPSA) is 122 Å². The van der Waals surface area contributed by atoms with Gasteiger partial charge in [0.05, 0.1) is 22.2 Å². The molecule has 0 spiro atoms. The number of H-pyrrole nitrogens is 1. The number of sulfonamides is 1. The third kappa shape index (κ3) is 3.46. The quantitative estimate of drug-likeness (QED) is 0.755. The minimum absolute atomic E-state index is 0.120. The highest BCUT2D eigenvalue weighted by molar-refractivity contribution is 7.90. The zero-order valence-corrected chi connectivity index (χ0v) is 15.7. The van der Waals surface area contributed by atoms with Crippen LogP contribution in [0.1, 0.15) is 11.4 Å². The SMILES string of the molecule is Cc1cccc2c(=O)[nH]c(COC(=O)C3=CN4CCS(=O)(=O)N=C4C=C3)nc12. The number of rotatable bonds is 3. The lowest BCUT2D eigenvalue weighted by Gasteiger charge is -2.26. The summed E-state index contributed by atoms with van der Waals surface area (Å²) in [6.45, 7) is 1.86. The van der Waals surface area contributed by atoms with Gasteiger partial charge in [0.15, 0.2) is 0 Å². The van der Waals surface area contributed by atoms with E-state index in [2.05, 4.69) is 14.4 Å². The smallest absolute Gasteiger partial charge is 0.340 e. The summed E-state index contributed by atoms with van der Waals surface area (Å²) >= 11 is 0. The van der Waals surface area contributed by atoms with Crippen molar-refractivity contribution in [2.45, 2.75) is 13.5 Å². The summed E-state index contributed by atoms with van der Waals surface area (Å²) in [6, 6.07) is 5.30. The van der Waals surface area contributed by atoms with Crippen LogP contribution in [0.25, 0.3) is 10.9 Å². The third-order valence-corrected chi connectivity index (χ3v) is 5.55. The number of carbonyl (C=O) groups is 1. The van der Waals surface area contributed by atoms with Crippen LogP contribution in [-0.4, -0.2) is 47.4 Å². The molecule has 9 nitrogen and oxygen atoms in total. The van der Waals surface area contributed by atoms with Gasteiger partial charge >= 0.3 is 5.97 Å². The van der Waals surface area contributed by atoms with Gasteiger partial charge in [0.1, 0.15) is 18.3 Å². The molecule has 4 rings (SSSR count). The number of hydrogen-bond donors (Lipinski definition) is 1. The van der Waals surface area contributed by atoms with Crippen LogP contribution in [0.4, 0.5) is 0 Å². The van der Waals surface area contributed by atoms with E-state index in [-0.39, 0.29) is 41.7 Å². The molecule has 2 aliphatic heterocycles. The van der Waals surface area contributed by atoms with Gasteiger partial charge in [0.25, 0.3) is 15.6 Å². The van der Waals surface area contributed by atoms with E-state index in [9.17, 15) is 18.0 Å². The molecular formula is C18H16N4O5S. The molecule has 0 radical (unpaired) electrons. The summed E-state index contributed by atoms with van der Waals surface area (Å²) in [5.74, 6) is -0.230. The second-order valence-corrected chi connectivity index (χ2v) is 8.16. The summed E-state index contributed by atoms with van der Waals surface area (Å²) in [7, 11) is -3.46. The molecule has 28 heavy (non-hydrogen) atoms. The summed E-state index contributed by atoms with van der Waals surface area (Å²) in [4.78, 5) is 33.1. The second kappa shape index (κ2) is 6.71. The number of ether oxygens (including phenoxy) is 1. The Morgan fingerprint density at radius 3 is 2.96 bits per heavy atom. The van der Waals surface area contributed by atoms with Gasteiger partial charge in [-0.2, -0.15) is 0 Å². The Labute approximate surface area is 160 Å². The lowest BCUT2D eigenvalue weighted by molar-refractivity contribution is -0.140. The van der Waals surface area contributed by atoms with E-state index in [0.717, 1.165) is 5.56 Å². The number of nitrogens with zero attached hydrogens (tertiary/aromatic N) is 3. The molecule has 1 aromatic heterocycles. The van der Waals surface area contributed by atoms with Crippen molar-refractivity contribution in [3.05, 3.63) is 63.9 Å². The molecule has 0 aliphatic carbocycles. The molecule has 0 bridgehead atoms. The monoisotopic (exact) mass is 400 g/mol. The number of nitrogens with one attached hydrogen (secondary N) is 1. The maximum absolute atomic E-state index is 12.3. The Morgan fingerprint density at radius 2 is 2.14 bits per heavy atom. The minimum atomic E-state index is -3.46. The first-order chi connectivity index (χ1) is 13.3. The van der Waals surface area contributed by atoms with Crippen LogP contribution in [0, 0.1) is 6.92 Å². The van der Waals surface area contributed by atoms with Crippen molar-refractivity contribution in [1.29, 1.82) is 0 Å². The minimum Gasteiger partial charge on any atom is -0.454 e. The molecule has 0 saturated carbocycles. The molecule has 0 fully saturated rings. The summed E-state index contributed by atoms with van der Waals surface area (Å²) in [5.41, 5.74) is 1.36. The number of benzene rings is 1. The van der Waals surface area contributed by atoms with Crippen molar-refractivity contribution in [3.8, 4) is 0 Å². The predicted octanol–water partition coefficient (Wildman–Crippen LogP) is 0.772. The highest BCUT2D eigenvalue weighted by atomic mass is 32.2. The van der Waals surface area contributed by atoms with Gasteiger partial charge in [-0.3, -0.25) is 4.79 Å². The van der Waals surface area contributed by atoms with Crippen LogP contribution in [0.2, 0.25) is 0 Å². The molecule has 0 unspecified atom stereocenters. The molecule has 0 saturated heterocycles. The normalized spacial score (nSPS) is 17.7. The molecule has 2 aromatic rings. The molecule has 2 aliphatic rings. The predicted molar refractivity (Wildman–Crippen MR) is 102 cm³/mol. The third-order valence-electron chi connectivity index (χ3n) is 4.39. The number of fused-ring (bicyclic) bond motifs is 2. The van der Waals surface area contributed by atoms with Crippen LogP contribution in [-0.2, 0) is 26.2 Å². The van der Waals surface area contributed by atoms with E-state index < -0.39 is 16.0 Å². The van der Waals surface area contributed by atoms with Crippen LogP contribution >= 0.6 is 0 Å². The average Bonchev–Trinajstić information content (AvgIpc) is 2.66. The average molecular weight is 400 g/mol. The Balaban J connectivity index is 1.51. The summed E-state index contributed by atoms with van der Waals surface area (Å²) < 4.78 is 32.0. The Kier molecular flexibility index (Phi) is 4.34. The highest BCUT2D eigenvalue weighted by Gasteiger charge is 2.25. The fourth-order valence-electron chi connectivity index (χ4n) is 2.96. The van der Waals surface area contributed by atoms with Crippen molar-refractivity contribution >= 4 is 32.7 Å². The Bertz CT molecular complexity index is 1240. The van der Waals surface area contributed by atoms with E-state index in [4.69, 9.17) is 4.74 Å². The van der Waals surface area contributed by atoms with E-state index in [1.807, 2.05) is 13.0 Å². The maximum atomic E-state index is 12.3. The first kappa shape index (κ1) is 18.1. The number of hydrogen-bond acceptors (Lipinski definition) is 7. The lowest BCUT2D eigenvalue weighted by atomic mass is 10.1. The van der Waals surface area contributed by atoms with Gasteiger partial charge in [-0.05, 0) is 30.7 Å².